The number of rotatable bonds is 6. The Hall–Kier alpha value is -1.42. The lowest BCUT2D eigenvalue weighted by atomic mass is 10.2. The molecular weight excluding hydrogens is 349 g/mol. The van der Waals surface area contributed by atoms with Crippen molar-refractivity contribution in [3.63, 3.8) is 0 Å². The van der Waals surface area contributed by atoms with E-state index in [9.17, 15) is 21.6 Å². The van der Waals surface area contributed by atoms with Crippen molar-refractivity contribution >= 4 is 21.4 Å². The minimum Gasteiger partial charge on any atom is -0.300 e. The summed E-state index contributed by atoms with van der Waals surface area (Å²) in [4.78, 5) is 1.80. The van der Waals surface area contributed by atoms with E-state index in [-0.39, 0.29) is 12.6 Å². The van der Waals surface area contributed by atoms with Gasteiger partial charge in [0, 0.05) is 11.4 Å². The predicted octanol–water partition coefficient (Wildman–Crippen LogP) is 2.75. The van der Waals surface area contributed by atoms with Crippen LogP contribution in [0.5, 0.6) is 0 Å². The molecule has 0 aliphatic rings. The largest absolute Gasteiger partial charge is 0.300 e. The highest BCUT2D eigenvalue weighted by molar-refractivity contribution is 7.89. The van der Waals surface area contributed by atoms with Gasteiger partial charge in [0.15, 0.2) is 17.5 Å². The molecule has 1 N–H and O–H groups in total. The van der Waals surface area contributed by atoms with Crippen LogP contribution in [-0.4, -0.2) is 34.0 Å². The van der Waals surface area contributed by atoms with Crippen molar-refractivity contribution in [2.45, 2.75) is 10.9 Å². The molecular formula is C14H15F3N2O2S2. The molecule has 0 radical (unpaired) electrons. The summed E-state index contributed by atoms with van der Waals surface area (Å²) in [5.74, 6) is -4.98. The quantitative estimate of drug-likeness (QED) is 0.802. The second kappa shape index (κ2) is 7.00. The van der Waals surface area contributed by atoms with Gasteiger partial charge in [0.05, 0.1) is 6.04 Å². The van der Waals surface area contributed by atoms with E-state index < -0.39 is 32.4 Å². The van der Waals surface area contributed by atoms with Crippen LogP contribution in [0.4, 0.5) is 13.2 Å². The monoisotopic (exact) mass is 364 g/mol. The van der Waals surface area contributed by atoms with Crippen molar-refractivity contribution < 1.29 is 21.6 Å². The molecule has 0 aliphatic heterocycles. The van der Waals surface area contributed by atoms with Crippen LogP contribution >= 0.6 is 11.3 Å². The number of thiophene rings is 1. The molecule has 0 spiro atoms. The minimum atomic E-state index is -4.30. The van der Waals surface area contributed by atoms with Gasteiger partial charge in [-0.05, 0) is 37.7 Å². The van der Waals surface area contributed by atoms with E-state index in [0.29, 0.717) is 12.1 Å². The number of nitrogens with one attached hydrogen (secondary N) is 1. The van der Waals surface area contributed by atoms with E-state index >= 15 is 0 Å². The zero-order chi connectivity index (χ0) is 17.2. The van der Waals surface area contributed by atoms with Crippen molar-refractivity contribution in [1.82, 2.24) is 9.62 Å². The van der Waals surface area contributed by atoms with Crippen LogP contribution in [0, 0.1) is 17.5 Å². The Morgan fingerprint density at radius 1 is 1.17 bits per heavy atom. The molecule has 4 nitrogen and oxygen atoms in total. The normalized spacial score (nSPS) is 13.5. The molecule has 1 unspecified atom stereocenters. The summed E-state index contributed by atoms with van der Waals surface area (Å²) in [5, 5.41) is 1.86. The third-order valence-corrected chi connectivity index (χ3v) is 5.67. The molecule has 2 aromatic rings. The summed E-state index contributed by atoms with van der Waals surface area (Å²) in [7, 11) is -0.754. The Labute approximate surface area is 136 Å². The van der Waals surface area contributed by atoms with Crippen LogP contribution in [0.1, 0.15) is 10.9 Å². The van der Waals surface area contributed by atoms with Crippen LogP contribution in [0.2, 0.25) is 0 Å². The fourth-order valence-corrected chi connectivity index (χ4v) is 4.03. The number of benzene rings is 1. The van der Waals surface area contributed by atoms with E-state index in [4.69, 9.17) is 0 Å². The summed E-state index contributed by atoms with van der Waals surface area (Å²) < 4.78 is 66.4. The maximum absolute atomic E-state index is 13.7. The van der Waals surface area contributed by atoms with E-state index in [0.717, 1.165) is 4.88 Å². The van der Waals surface area contributed by atoms with Crippen LogP contribution in [0.3, 0.4) is 0 Å². The molecule has 1 atom stereocenters. The molecule has 1 aromatic carbocycles. The molecule has 0 bridgehead atoms. The van der Waals surface area contributed by atoms with E-state index in [1.165, 1.54) is 11.3 Å². The lowest BCUT2D eigenvalue weighted by molar-refractivity contribution is 0.303. The maximum atomic E-state index is 13.7. The van der Waals surface area contributed by atoms with Gasteiger partial charge in [-0.3, -0.25) is 0 Å². The summed E-state index contributed by atoms with van der Waals surface area (Å²) in [6, 6.07) is 4.70. The third-order valence-electron chi connectivity index (χ3n) is 3.25. The highest BCUT2D eigenvalue weighted by Gasteiger charge is 2.25. The van der Waals surface area contributed by atoms with Crippen LogP contribution in [0.15, 0.2) is 34.5 Å². The fourth-order valence-electron chi connectivity index (χ4n) is 2.00. The highest BCUT2D eigenvalue weighted by atomic mass is 32.2. The third kappa shape index (κ3) is 3.92. The van der Waals surface area contributed by atoms with Gasteiger partial charge < -0.3 is 4.90 Å². The smallest absolute Gasteiger partial charge is 0.243 e. The summed E-state index contributed by atoms with van der Waals surface area (Å²) in [5.41, 5.74) is 0. The molecule has 23 heavy (non-hydrogen) atoms. The number of sulfonamides is 1. The Kier molecular flexibility index (Phi) is 5.45. The first-order valence-corrected chi connectivity index (χ1v) is 8.93. The van der Waals surface area contributed by atoms with Gasteiger partial charge in [-0.15, -0.1) is 11.3 Å². The summed E-state index contributed by atoms with van der Waals surface area (Å²) >= 11 is 1.45. The first kappa shape index (κ1) is 17.9. The van der Waals surface area contributed by atoms with Crippen LogP contribution in [-0.2, 0) is 10.0 Å². The van der Waals surface area contributed by atoms with Gasteiger partial charge in [-0.2, -0.15) is 0 Å². The number of halogens is 3. The van der Waals surface area contributed by atoms with Gasteiger partial charge in [0.25, 0.3) is 0 Å². The SMILES string of the molecule is CN(C)C(CNS(=O)(=O)c1ccc(F)c(F)c1F)c1cccs1. The molecule has 0 fully saturated rings. The van der Waals surface area contributed by atoms with Gasteiger partial charge in [0.1, 0.15) is 4.90 Å². The summed E-state index contributed by atoms with van der Waals surface area (Å²) in [6.07, 6.45) is 0. The fraction of sp³-hybridized carbons (Fsp3) is 0.286. The number of likely N-dealkylation sites (N-methyl/N-ethyl adjacent to an activating group) is 1. The van der Waals surface area contributed by atoms with E-state index in [1.54, 1.807) is 19.0 Å². The molecule has 0 aliphatic carbocycles. The Balaban J connectivity index is 2.23. The zero-order valence-corrected chi connectivity index (χ0v) is 14.0. The van der Waals surface area contributed by atoms with E-state index in [2.05, 4.69) is 4.72 Å². The van der Waals surface area contributed by atoms with Crippen LogP contribution in [0.25, 0.3) is 0 Å². The topological polar surface area (TPSA) is 49.4 Å². The Morgan fingerprint density at radius 2 is 1.87 bits per heavy atom. The average Bonchev–Trinajstić information content (AvgIpc) is 2.98. The van der Waals surface area contributed by atoms with Crippen molar-refractivity contribution in [2.75, 3.05) is 20.6 Å². The lowest BCUT2D eigenvalue weighted by Crippen LogP contribution is -2.34. The Morgan fingerprint density at radius 3 is 2.43 bits per heavy atom. The molecule has 0 saturated carbocycles. The standard InChI is InChI=1S/C14H15F3N2O2S2/c1-19(2)10(11-4-3-7-22-11)8-18-23(20,21)12-6-5-9(15)13(16)14(12)17/h3-7,10,18H,8H2,1-2H3. The van der Waals surface area contributed by atoms with Gasteiger partial charge >= 0.3 is 0 Å². The second-order valence-electron chi connectivity index (χ2n) is 5.02. The first-order valence-electron chi connectivity index (χ1n) is 6.57. The Bertz CT molecular complexity index is 778. The average molecular weight is 364 g/mol. The maximum Gasteiger partial charge on any atom is 0.243 e. The number of hydrogen-bond donors (Lipinski definition) is 1. The molecule has 126 valence electrons. The molecule has 9 heteroatoms. The number of nitrogens with zero attached hydrogens (tertiary/aromatic N) is 1. The van der Waals surface area contributed by atoms with Crippen molar-refractivity contribution in [3.8, 4) is 0 Å². The highest BCUT2D eigenvalue weighted by Crippen LogP contribution is 2.24. The molecule has 1 aromatic heterocycles. The van der Waals surface area contributed by atoms with Crippen molar-refractivity contribution in [2.24, 2.45) is 0 Å². The minimum absolute atomic E-state index is 0.0335. The zero-order valence-electron chi connectivity index (χ0n) is 12.4. The van der Waals surface area contributed by atoms with Gasteiger partial charge in [0.2, 0.25) is 10.0 Å². The first-order chi connectivity index (χ1) is 10.7. The number of hydrogen-bond acceptors (Lipinski definition) is 4. The van der Waals surface area contributed by atoms with Gasteiger partial charge in [-0.1, -0.05) is 6.07 Å². The molecule has 0 amide bonds. The molecule has 2 rings (SSSR count). The van der Waals surface area contributed by atoms with Crippen molar-refractivity contribution in [1.29, 1.82) is 0 Å². The molecule has 0 saturated heterocycles. The van der Waals surface area contributed by atoms with Gasteiger partial charge in [-0.25, -0.2) is 26.3 Å². The lowest BCUT2D eigenvalue weighted by Gasteiger charge is -2.23. The predicted molar refractivity (Wildman–Crippen MR) is 82.3 cm³/mol. The molecule has 1 heterocycles. The van der Waals surface area contributed by atoms with E-state index in [1.807, 2.05) is 17.5 Å². The summed E-state index contributed by atoms with van der Waals surface area (Å²) in [6.45, 7) is -0.0335. The van der Waals surface area contributed by atoms with Crippen LogP contribution < -0.4 is 4.72 Å². The van der Waals surface area contributed by atoms with Crippen molar-refractivity contribution in [3.05, 3.63) is 52.0 Å². The second-order valence-corrected chi connectivity index (χ2v) is 7.73.